The summed E-state index contributed by atoms with van der Waals surface area (Å²) in [6.45, 7) is 6.67. The number of hydrogen-bond donors (Lipinski definition) is 0. The molecule has 1 aromatic heterocycles. The maximum Gasteiger partial charge on any atom is 0.410 e. The Morgan fingerprint density at radius 2 is 1.96 bits per heavy atom. The van der Waals surface area contributed by atoms with E-state index in [2.05, 4.69) is 4.98 Å². The smallest absolute Gasteiger partial charge is 0.410 e. The van der Waals surface area contributed by atoms with Gasteiger partial charge in [0.15, 0.2) is 0 Å². The first kappa shape index (κ1) is 17.2. The largest absolute Gasteiger partial charge is 0.444 e. The summed E-state index contributed by atoms with van der Waals surface area (Å²) in [4.78, 5) is 32.0. The van der Waals surface area contributed by atoms with Gasteiger partial charge in [-0.25, -0.2) is 9.78 Å². The topological polar surface area (TPSA) is 62.7 Å². The van der Waals surface area contributed by atoms with Gasteiger partial charge in [0.05, 0.1) is 6.54 Å². The molecule has 1 aliphatic rings. The minimum absolute atomic E-state index is 0.110. The molecule has 6 heteroatoms. The van der Waals surface area contributed by atoms with E-state index in [1.165, 1.54) is 4.90 Å². The summed E-state index contributed by atoms with van der Waals surface area (Å²) in [5.74, 6) is -0.110. The molecule has 0 saturated heterocycles. The molecule has 23 heavy (non-hydrogen) atoms. The monoisotopic (exact) mass is 319 g/mol. The van der Waals surface area contributed by atoms with E-state index >= 15 is 0 Å². The van der Waals surface area contributed by atoms with Crippen LogP contribution in [0.25, 0.3) is 0 Å². The average Bonchev–Trinajstić information content (AvgIpc) is 2.65. The summed E-state index contributed by atoms with van der Waals surface area (Å²) in [7, 11) is 3.42. The van der Waals surface area contributed by atoms with Gasteiger partial charge in [0.1, 0.15) is 11.3 Å². The molecule has 0 fully saturated rings. The summed E-state index contributed by atoms with van der Waals surface area (Å²) < 4.78 is 5.45. The number of ether oxygens (including phenoxy) is 1. The third kappa shape index (κ3) is 4.43. The predicted molar refractivity (Wildman–Crippen MR) is 87.2 cm³/mol. The zero-order valence-corrected chi connectivity index (χ0v) is 14.5. The lowest BCUT2D eigenvalue weighted by Gasteiger charge is -2.26. The number of hydrogen-bond acceptors (Lipinski definition) is 4. The minimum atomic E-state index is -0.507. The Balaban J connectivity index is 2.18. The van der Waals surface area contributed by atoms with Gasteiger partial charge in [0.25, 0.3) is 5.91 Å². The zero-order valence-electron chi connectivity index (χ0n) is 14.5. The fraction of sp³-hybridized carbons (Fsp3) is 0.588. The molecule has 1 aromatic rings. The van der Waals surface area contributed by atoms with Gasteiger partial charge in [0.2, 0.25) is 0 Å². The van der Waals surface area contributed by atoms with Gasteiger partial charge in [-0.05, 0) is 45.2 Å². The van der Waals surface area contributed by atoms with Crippen molar-refractivity contribution < 1.29 is 14.3 Å². The maximum atomic E-state index is 12.3. The Morgan fingerprint density at radius 3 is 2.57 bits per heavy atom. The van der Waals surface area contributed by atoms with E-state index in [0.29, 0.717) is 18.8 Å². The molecule has 126 valence electrons. The Bertz CT molecular complexity index is 606. The molecule has 0 bridgehead atoms. The Morgan fingerprint density at radius 1 is 1.26 bits per heavy atom. The van der Waals surface area contributed by atoms with Gasteiger partial charge in [-0.3, -0.25) is 4.79 Å². The van der Waals surface area contributed by atoms with Gasteiger partial charge in [0, 0.05) is 26.3 Å². The van der Waals surface area contributed by atoms with Crippen molar-refractivity contribution in [2.75, 3.05) is 20.6 Å². The van der Waals surface area contributed by atoms with Crippen LogP contribution in [0.2, 0.25) is 0 Å². The number of nitrogens with zero attached hydrogens (tertiary/aromatic N) is 3. The highest BCUT2D eigenvalue weighted by Crippen LogP contribution is 2.20. The lowest BCUT2D eigenvalue weighted by atomic mass is 10.1. The first-order valence-electron chi connectivity index (χ1n) is 7.86. The molecular weight excluding hydrogens is 294 g/mol. The molecule has 1 aliphatic heterocycles. The third-order valence-corrected chi connectivity index (χ3v) is 3.55. The Hall–Kier alpha value is -2.11. The number of rotatable bonds is 1. The van der Waals surface area contributed by atoms with Crippen molar-refractivity contribution in [3.8, 4) is 0 Å². The number of carbonyl (C=O) groups is 2. The van der Waals surface area contributed by atoms with Crippen LogP contribution >= 0.6 is 0 Å². The Kier molecular flexibility index (Phi) is 4.92. The molecule has 0 atom stereocenters. The van der Waals surface area contributed by atoms with E-state index < -0.39 is 5.60 Å². The van der Waals surface area contributed by atoms with Gasteiger partial charge in [-0.1, -0.05) is 6.07 Å². The second-order valence-electron chi connectivity index (χ2n) is 7.01. The third-order valence-electron chi connectivity index (χ3n) is 3.55. The van der Waals surface area contributed by atoms with Crippen LogP contribution in [-0.2, 0) is 17.7 Å². The molecular formula is C17H25N3O3. The van der Waals surface area contributed by atoms with Crippen LogP contribution < -0.4 is 0 Å². The van der Waals surface area contributed by atoms with E-state index in [1.807, 2.05) is 26.8 Å². The lowest BCUT2D eigenvalue weighted by molar-refractivity contribution is 0.0236. The van der Waals surface area contributed by atoms with Crippen molar-refractivity contribution >= 4 is 12.0 Å². The lowest BCUT2D eigenvalue weighted by Crippen LogP contribution is -2.36. The fourth-order valence-electron chi connectivity index (χ4n) is 2.44. The molecule has 2 rings (SSSR count). The van der Waals surface area contributed by atoms with Crippen molar-refractivity contribution in [3.63, 3.8) is 0 Å². The number of aromatic nitrogens is 1. The maximum absolute atomic E-state index is 12.3. The van der Waals surface area contributed by atoms with Crippen LogP contribution in [0.3, 0.4) is 0 Å². The normalized spacial score (nSPS) is 14.7. The fourth-order valence-corrected chi connectivity index (χ4v) is 2.44. The van der Waals surface area contributed by atoms with Crippen molar-refractivity contribution in [3.05, 3.63) is 29.1 Å². The predicted octanol–water partition coefficient (Wildman–Crippen LogP) is 2.47. The highest BCUT2D eigenvalue weighted by atomic mass is 16.6. The van der Waals surface area contributed by atoms with E-state index in [-0.39, 0.29) is 12.0 Å². The molecule has 6 nitrogen and oxygen atoms in total. The molecule has 0 radical (unpaired) electrons. The average molecular weight is 319 g/mol. The molecule has 0 saturated carbocycles. The van der Waals surface area contributed by atoms with Crippen LogP contribution in [-0.4, -0.2) is 53.0 Å². The minimum Gasteiger partial charge on any atom is -0.444 e. The van der Waals surface area contributed by atoms with Crippen LogP contribution in [0.4, 0.5) is 4.79 Å². The second-order valence-corrected chi connectivity index (χ2v) is 7.01. The van der Waals surface area contributed by atoms with Crippen LogP contribution in [0, 0.1) is 0 Å². The first-order chi connectivity index (χ1) is 10.7. The van der Waals surface area contributed by atoms with Crippen molar-refractivity contribution in [2.24, 2.45) is 0 Å². The first-order valence-corrected chi connectivity index (χ1v) is 7.86. The van der Waals surface area contributed by atoms with E-state index in [9.17, 15) is 9.59 Å². The van der Waals surface area contributed by atoms with Crippen LogP contribution in [0.15, 0.2) is 12.1 Å². The summed E-state index contributed by atoms with van der Waals surface area (Å²) >= 11 is 0. The summed E-state index contributed by atoms with van der Waals surface area (Å²) in [5.41, 5.74) is 1.80. The number of pyridine rings is 1. The standard InChI is InChI=1S/C17H25N3O3/c1-17(2,3)23-16(22)20-10-6-7-13-12(11-20)8-9-14(18-13)15(21)19(4)5/h8-9H,6-7,10-11H2,1-5H3. The van der Waals surface area contributed by atoms with Crippen molar-refractivity contribution in [1.29, 1.82) is 0 Å². The molecule has 2 heterocycles. The summed E-state index contributed by atoms with van der Waals surface area (Å²) in [6.07, 6.45) is 1.25. The van der Waals surface area contributed by atoms with Crippen molar-refractivity contribution in [1.82, 2.24) is 14.8 Å². The van der Waals surface area contributed by atoms with Gasteiger partial charge in [-0.15, -0.1) is 0 Å². The number of carbonyl (C=O) groups excluding carboxylic acids is 2. The molecule has 0 spiro atoms. The number of aryl methyl sites for hydroxylation is 1. The van der Waals surface area contributed by atoms with E-state index in [0.717, 1.165) is 24.1 Å². The molecule has 0 unspecified atom stereocenters. The highest BCUT2D eigenvalue weighted by Gasteiger charge is 2.25. The molecule has 0 N–H and O–H groups in total. The van der Waals surface area contributed by atoms with E-state index in [4.69, 9.17) is 4.74 Å². The molecule has 2 amide bonds. The summed E-state index contributed by atoms with van der Waals surface area (Å²) in [6, 6.07) is 3.61. The van der Waals surface area contributed by atoms with Gasteiger partial charge in [-0.2, -0.15) is 0 Å². The van der Waals surface area contributed by atoms with Crippen LogP contribution in [0.1, 0.15) is 48.9 Å². The highest BCUT2D eigenvalue weighted by molar-refractivity contribution is 5.92. The summed E-state index contributed by atoms with van der Waals surface area (Å²) in [5, 5.41) is 0. The second kappa shape index (κ2) is 6.56. The SMILES string of the molecule is CN(C)C(=O)c1ccc2c(n1)CCCN(C(=O)OC(C)(C)C)C2. The quantitative estimate of drug-likeness (QED) is 0.798. The number of amides is 2. The molecule has 0 aromatic carbocycles. The van der Waals surface area contributed by atoms with Gasteiger partial charge < -0.3 is 14.5 Å². The van der Waals surface area contributed by atoms with Crippen molar-refractivity contribution in [2.45, 2.75) is 45.8 Å². The zero-order chi connectivity index (χ0) is 17.2. The molecule has 0 aliphatic carbocycles. The van der Waals surface area contributed by atoms with E-state index in [1.54, 1.807) is 25.1 Å². The van der Waals surface area contributed by atoms with Crippen LogP contribution in [0.5, 0.6) is 0 Å². The Labute approximate surface area is 137 Å². The van der Waals surface area contributed by atoms with Gasteiger partial charge >= 0.3 is 6.09 Å². The number of fused-ring (bicyclic) bond motifs is 1.